The highest BCUT2D eigenvalue weighted by molar-refractivity contribution is 9.10. The lowest BCUT2D eigenvalue weighted by molar-refractivity contribution is -0.139. The smallest absolute Gasteiger partial charge is 0.331 e. The Balaban J connectivity index is 1.56. The number of halogens is 1. The molecule has 5 nitrogen and oxygen atoms in total. The van der Waals surface area contributed by atoms with Crippen LogP contribution in [-0.2, 0) is 16.1 Å². The molecule has 0 saturated heterocycles. The van der Waals surface area contributed by atoms with Crippen LogP contribution < -0.4 is 0 Å². The second kappa shape index (κ2) is 7.70. The second-order valence-electron chi connectivity index (χ2n) is 4.87. The summed E-state index contributed by atoms with van der Waals surface area (Å²) in [6, 6.07) is 17.0. The lowest BCUT2D eigenvalue weighted by atomic mass is 10.2. The summed E-state index contributed by atoms with van der Waals surface area (Å²) in [5.74, 6) is 0.227. The van der Waals surface area contributed by atoms with Gasteiger partial charge in [-0.25, -0.2) is 4.79 Å². The minimum Gasteiger partial charge on any atom is -0.452 e. The van der Waals surface area contributed by atoms with E-state index in [1.54, 1.807) is 6.08 Å². The van der Waals surface area contributed by atoms with Gasteiger partial charge in [0.25, 0.3) is 5.89 Å². The first-order valence-electron chi connectivity index (χ1n) is 7.19. The molecule has 3 aromatic rings. The topological polar surface area (TPSA) is 65.2 Å². The number of aromatic nitrogens is 2. The van der Waals surface area contributed by atoms with Crippen LogP contribution in [0.1, 0.15) is 11.5 Å². The summed E-state index contributed by atoms with van der Waals surface area (Å²) >= 11 is 3.37. The molecule has 0 aliphatic heterocycles. The Kier molecular flexibility index (Phi) is 5.18. The van der Waals surface area contributed by atoms with Gasteiger partial charge < -0.3 is 9.26 Å². The van der Waals surface area contributed by atoms with Gasteiger partial charge >= 0.3 is 5.97 Å². The first kappa shape index (κ1) is 16.1. The van der Waals surface area contributed by atoms with Crippen molar-refractivity contribution in [3.63, 3.8) is 0 Å². The second-order valence-corrected chi connectivity index (χ2v) is 5.79. The minimum atomic E-state index is -0.470. The van der Waals surface area contributed by atoms with E-state index in [1.165, 1.54) is 6.08 Å². The van der Waals surface area contributed by atoms with Gasteiger partial charge in [-0.2, -0.15) is 4.98 Å². The number of carbonyl (C=O) groups excluding carboxylic acids is 1. The molecule has 0 fully saturated rings. The zero-order valence-electron chi connectivity index (χ0n) is 12.6. The summed E-state index contributed by atoms with van der Waals surface area (Å²) in [6.45, 7) is -0.0680. The molecule has 0 aliphatic carbocycles. The van der Waals surface area contributed by atoms with Crippen molar-refractivity contribution in [1.82, 2.24) is 10.1 Å². The van der Waals surface area contributed by atoms with Crippen LogP contribution in [0.3, 0.4) is 0 Å². The van der Waals surface area contributed by atoms with Crippen molar-refractivity contribution < 1.29 is 14.1 Å². The Morgan fingerprint density at radius 3 is 2.62 bits per heavy atom. The van der Waals surface area contributed by atoms with Crippen molar-refractivity contribution in [1.29, 1.82) is 0 Å². The number of hydrogen-bond donors (Lipinski definition) is 0. The average Bonchev–Trinajstić information content (AvgIpc) is 3.09. The quantitative estimate of drug-likeness (QED) is 0.485. The van der Waals surface area contributed by atoms with Crippen LogP contribution in [0.4, 0.5) is 0 Å². The van der Waals surface area contributed by atoms with Crippen LogP contribution in [0.5, 0.6) is 0 Å². The number of hydrogen-bond acceptors (Lipinski definition) is 5. The molecule has 0 unspecified atom stereocenters. The number of carbonyl (C=O) groups is 1. The van der Waals surface area contributed by atoms with E-state index in [4.69, 9.17) is 9.26 Å². The number of ether oxygens (including phenoxy) is 1. The molecule has 1 heterocycles. The molecule has 0 atom stereocenters. The fourth-order valence-electron chi connectivity index (χ4n) is 1.94. The first-order valence-corrected chi connectivity index (χ1v) is 7.98. The largest absolute Gasteiger partial charge is 0.452 e. The third kappa shape index (κ3) is 4.39. The highest BCUT2D eigenvalue weighted by Crippen LogP contribution is 2.19. The molecule has 0 amide bonds. The monoisotopic (exact) mass is 384 g/mol. The molecule has 0 radical (unpaired) electrons. The van der Waals surface area contributed by atoms with Gasteiger partial charge in [-0.15, -0.1) is 0 Å². The van der Waals surface area contributed by atoms with Crippen LogP contribution >= 0.6 is 15.9 Å². The van der Waals surface area contributed by atoms with Crippen molar-refractivity contribution in [2.45, 2.75) is 6.61 Å². The average molecular weight is 385 g/mol. The van der Waals surface area contributed by atoms with Gasteiger partial charge in [-0.05, 0) is 35.9 Å². The minimum absolute atomic E-state index is 0.0680. The third-order valence-corrected chi connectivity index (χ3v) is 3.65. The van der Waals surface area contributed by atoms with Gasteiger partial charge in [0.05, 0.1) is 0 Å². The van der Waals surface area contributed by atoms with Crippen LogP contribution in [0.2, 0.25) is 0 Å². The highest BCUT2D eigenvalue weighted by Gasteiger charge is 2.10. The maximum absolute atomic E-state index is 11.7. The van der Waals surface area contributed by atoms with E-state index in [-0.39, 0.29) is 12.5 Å². The maximum Gasteiger partial charge on any atom is 0.331 e. The zero-order chi connectivity index (χ0) is 16.8. The lowest BCUT2D eigenvalue weighted by Crippen LogP contribution is -2.00. The van der Waals surface area contributed by atoms with E-state index >= 15 is 0 Å². The summed E-state index contributed by atoms with van der Waals surface area (Å²) in [5, 5.41) is 3.88. The summed E-state index contributed by atoms with van der Waals surface area (Å²) in [4.78, 5) is 15.9. The standard InChI is InChI=1S/C18H13BrN2O3/c19-15-9-7-14(8-10-15)18-20-16(24-21-18)12-23-17(22)11-6-13-4-2-1-3-5-13/h1-11H,12H2. The number of benzene rings is 2. The zero-order valence-corrected chi connectivity index (χ0v) is 14.1. The van der Waals surface area contributed by atoms with E-state index in [0.29, 0.717) is 5.82 Å². The van der Waals surface area contributed by atoms with Gasteiger partial charge in [-0.1, -0.05) is 51.4 Å². The van der Waals surface area contributed by atoms with Crippen LogP contribution in [-0.4, -0.2) is 16.1 Å². The molecule has 0 N–H and O–H groups in total. The van der Waals surface area contributed by atoms with Crippen molar-refractivity contribution in [2.24, 2.45) is 0 Å². The van der Waals surface area contributed by atoms with Gasteiger partial charge in [-0.3, -0.25) is 0 Å². The maximum atomic E-state index is 11.7. The van der Waals surface area contributed by atoms with E-state index in [0.717, 1.165) is 15.6 Å². The number of rotatable bonds is 5. The third-order valence-electron chi connectivity index (χ3n) is 3.12. The van der Waals surface area contributed by atoms with E-state index in [2.05, 4.69) is 26.1 Å². The fourth-order valence-corrected chi connectivity index (χ4v) is 2.20. The Morgan fingerprint density at radius 1 is 1.12 bits per heavy atom. The summed E-state index contributed by atoms with van der Waals surface area (Å²) in [5.41, 5.74) is 1.74. The summed E-state index contributed by atoms with van der Waals surface area (Å²) in [6.07, 6.45) is 3.05. The Labute approximate surface area is 147 Å². The van der Waals surface area contributed by atoms with E-state index in [1.807, 2.05) is 54.6 Å². The molecule has 1 aromatic heterocycles. The molecule has 0 aliphatic rings. The lowest BCUT2D eigenvalue weighted by Gasteiger charge is -1.97. The van der Waals surface area contributed by atoms with Crippen molar-refractivity contribution in [3.05, 3.63) is 76.6 Å². The molecule has 120 valence electrons. The van der Waals surface area contributed by atoms with Gasteiger partial charge in [0, 0.05) is 16.1 Å². The van der Waals surface area contributed by atoms with Crippen molar-refractivity contribution in [3.8, 4) is 11.4 Å². The Bertz CT molecular complexity index is 842. The van der Waals surface area contributed by atoms with Gasteiger partial charge in [0.2, 0.25) is 5.82 Å². The van der Waals surface area contributed by atoms with E-state index in [9.17, 15) is 4.79 Å². The van der Waals surface area contributed by atoms with Crippen LogP contribution in [0.15, 0.2) is 69.7 Å². The molecule has 0 bridgehead atoms. The molecule has 6 heteroatoms. The number of nitrogens with zero attached hydrogens (tertiary/aromatic N) is 2. The molecule has 0 saturated carbocycles. The molecule has 2 aromatic carbocycles. The van der Waals surface area contributed by atoms with Crippen molar-refractivity contribution in [2.75, 3.05) is 0 Å². The van der Waals surface area contributed by atoms with Gasteiger partial charge in [0.1, 0.15) is 0 Å². The molecular weight excluding hydrogens is 372 g/mol. The molecular formula is C18H13BrN2O3. The Morgan fingerprint density at radius 2 is 1.88 bits per heavy atom. The molecule has 0 spiro atoms. The summed E-state index contributed by atoms with van der Waals surface area (Å²) in [7, 11) is 0. The molecule has 24 heavy (non-hydrogen) atoms. The van der Waals surface area contributed by atoms with Crippen molar-refractivity contribution >= 4 is 28.0 Å². The first-order chi connectivity index (χ1) is 11.7. The number of esters is 1. The molecule has 3 rings (SSSR count). The van der Waals surface area contributed by atoms with Gasteiger partial charge in [0.15, 0.2) is 6.61 Å². The van der Waals surface area contributed by atoms with Crippen LogP contribution in [0, 0.1) is 0 Å². The van der Waals surface area contributed by atoms with E-state index < -0.39 is 5.97 Å². The normalized spacial score (nSPS) is 10.9. The SMILES string of the molecule is O=C(C=Cc1ccccc1)OCc1nc(-c2ccc(Br)cc2)no1. The Hall–Kier alpha value is -2.73. The summed E-state index contributed by atoms with van der Waals surface area (Å²) < 4.78 is 11.1. The highest BCUT2D eigenvalue weighted by atomic mass is 79.9. The predicted molar refractivity (Wildman–Crippen MR) is 92.7 cm³/mol. The predicted octanol–water partition coefficient (Wildman–Crippen LogP) is 4.26. The van der Waals surface area contributed by atoms with Crippen LogP contribution in [0.25, 0.3) is 17.5 Å². The fraction of sp³-hybridized carbons (Fsp3) is 0.0556.